The third-order valence-corrected chi connectivity index (χ3v) is 4.06. The lowest BCUT2D eigenvalue weighted by Gasteiger charge is -2.11. The van der Waals surface area contributed by atoms with Gasteiger partial charge in [0.05, 0.1) is 17.9 Å². The summed E-state index contributed by atoms with van der Waals surface area (Å²) >= 11 is 0. The first-order valence-corrected chi connectivity index (χ1v) is 8.64. The lowest BCUT2D eigenvalue weighted by molar-refractivity contribution is 0.333. The summed E-state index contributed by atoms with van der Waals surface area (Å²) in [4.78, 5) is 12.6. The maximum absolute atomic E-state index is 5.73. The highest BCUT2D eigenvalue weighted by molar-refractivity contribution is 5.77. The van der Waals surface area contributed by atoms with Crippen LogP contribution in [0.15, 0.2) is 66.7 Å². The second kappa shape index (κ2) is 7.27. The van der Waals surface area contributed by atoms with Crippen LogP contribution < -0.4 is 10.1 Å². The number of rotatable bonds is 6. The molecule has 0 saturated carbocycles. The van der Waals surface area contributed by atoms with Crippen LogP contribution in [0.4, 0.5) is 5.82 Å². The van der Waals surface area contributed by atoms with Crippen LogP contribution in [-0.4, -0.2) is 28.1 Å². The third kappa shape index (κ3) is 3.52. The largest absolute Gasteiger partial charge is 0.492 e. The number of anilines is 1. The number of aromatic amines is 1. The summed E-state index contributed by atoms with van der Waals surface area (Å²) in [5.74, 6) is 2.48. The van der Waals surface area contributed by atoms with E-state index in [9.17, 15) is 0 Å². The zero-order chi connectivity index (χ0) is 17.8. The maximum atomic E-state index is 5.73. The molecule has 4 rings (SSSR count). The molecule has 2 aromatic rings. The van der Waals surface area contributed by atoms with Crippen molar-refractivity contribution in [3.05, 3.63) is 72.6 Å². The fourth-order valence-electron chi connectivity index (χ4n) is 2.87. The number of nitrogens with one attached hydrogen (secondary N) is 2. The summed E-state index contributed by atoms with van der Waals surface area (Å²) in [7, 11) is 0. The number of aryl methyl sites for hydroxylation is 1. The number of ether oxygens (including phenoxy) is 1. The van der Waals surface area contributed by atoms with E-state index in [0.29, 0.717) is 13.2 Å². The normalized spacial score (nSPS) is 10.8. The summed E-state index contributed by atoms with van der Waals surface area (Å²) in [6, 6.07) is 22.0. The number of para-hydroxylation sites is 1. The number of aromatic nitrogens is 3. The molecule has 130 valence electrons. The van der Waals surface area contributed by atoms with Crippen molar-refractivity contribution in [3.8, 4) is 28.4 Å². The first-order chi connectivity index (χ1) is 12.8. The van der Waals surface area contributed by atoms with Gasteiger partial charge in [-0.15, -0.1) is 0 Å². The highest BCUT2D eigenvalue weighted by Crippen LogP contribution is 2.31. The number of hydrogen-bond donors (Lipinski definition) is 2. The molecule has 5 nitrogen and oxygen atoms in total. The minimum Gasteiger partial charge on any atom is -0.492 e. The molecule has 0 aromatic heterocycles. The number of nitrogens with zero attached hydrogens (tertiary/aromatic N) is 2. The van der Waals surface area contributed by atoms with Crippen LogP contribution in [0.3, 0.4) is 0 Å². The zero-order valence-electron chi connectivity index (χ0n) is 14.6. The lowest BCUT2D eigenvalue weighted by Crippen LogP contribution is -2.14. The topological polar surface area (TPSA) is 62.8 Å². The molecule has 5 heteroatoms. The van der Waals surface area contributed by atoms with Gasteiger partial charge in [0.15, 0.2) is 5.82 Å². The van der Waals surface area contributed by atoms with Crippen molar-refractivity contribution in [2.24, 2.45) is 0 Å². The van der Waals surface area contributed by atoms with Gasteiger partial charge in [-0.2, -0.15) is 0 Å². The van der Waals surface area contributed by atoms with Gasteiger partial charge in [0, 0.05) is 5.56 Å². The Kier molecular flexibility index (Phi) is 4.51. The number of benzene rings is 2. The van der Waals surface area contributed by atoms with Crippen LogP contribution in [0.5, 0.6) is 5.75 Å². The molecule has 0 aliphatic carbocycles. The Hall–Kier alpha value is -3.34. The molecule has 0 saturated heterocycles. The smallest absolute Gasteiger partial charge is 0.156 e. The molecular weight excluding hydrogens is 324 g/mol. The van der Waals surface area contributed by atoms with Gasteiger partial charge in [-0.25, -0.2) is 9.97 Å². The molecule has 0 spiro atoms. The number of hydrogen-bond acceptors (Lipinski definition) is 4. The van der Waals surface area contributed by atoms with Gasteiger partial charge < -0.3 is 15.0 Å². The Morgan fingerprint density at radius 3 is 2.46 bits per heavy atom. The van der Waals surface area contributed by atoms with Gasteiger partial charge in [-0.05, 0) is 25.1 Å². The number of H-pyrrole nitrogens is 1. The Balaban J connectivity index is 1.50. The van der Waals surface area contributed by atoms with Crippen molar-refractivity contribution in [1.82, 2.24) is 15.0 Å². The Morgan fingerprint density at radius 1 is 0.962 bits per heavy atom. The van der Waals surface area contributed by atoms with E-state index in [1.807, 2.05) is 55.5 Å². The van der Waals surface area contributed by atoms with Gasteiger partial charge in [0.25, 0.3) is 0 Å². The van der Waals surface area contributed by atoms with Crippen LogP contribution in [-0.2, 0) is 0 Å². The Morgan fingerprint density at radius 2 is 1.69 bits per heavy atom. The van der Waals surface area contributed by atoms with E-state index < -0.39 is 0 Å². The molecule has 0 atom stereocenters. The molecule has 0 fully saturated rings. The van der Waals surface area contributed by atoms with Crippen LogP contribution >= 0.6 is 0 Å². The van der Waals surface area contributed by atoms with E-state index in [1.54, 1.807) is 0 Å². The first kappa shape index (κ1) is 16.1. The quantitative estimate of drug-likeness (QED) is 0.510. The molecule has 0 bridgehead atoms. The average Bonchev–Trinajstić information content (AvgIpc) is 3.11. The van der Waals surface area contributed by atoms with Crippen LogP contribution in [0, 0.1) is 6.92 Å². The van der Waals surface area contributed by atoms with Gasteiger partial charge in [0.1, 0.15) is 23.9 Å². The summed E-state index contributed by atoms with van der Waals surface area (Å²) in [5.41, 5.74) is 3.85. The molecule has 26 heavy (non-hydrogen) atoms. The second-order valence-electron chi connectivity index (χ2n) is 6.03. The molecule has 2 aromatic carbocycles. The van der Waals surface area contributed by atoms with Crippen molar-refractivity contribution in [2.75, 3.05) is 18.5 Å². The minimum atomic E-state index is 0.553. The standard InChI is InChI=1S/C21H20N4O/c1-15-23-19-14-18(16-8-4-2-5-9-16)25-20(19)21(24-15)22-12-13-26-17-10-6-3-7-11-17/h2-11,14,22H,12-13H2,1H3,(H,23,24). The predicted molar refractivity (Wildman–Crippen MR) is 104 cm³/mol. The molecule has 2 aliphatic heterocycles. The van der Waals surface area contributed by atoms with E-state index >= 15 is 0 Å². The highest BCUT2D eigenvalue weighted by Gasteiger charge is 2.16. The summed E-state index contributed by atoms with van der Waals surface area (Å²) in [6.45, 7) is 3.14. The van der Waals surface area contributed by atoms with Gasteiger partial charge >= 0.3 is 0 Å². The van der Waals surface area contributed by atoms with Gasteiger partial charge in [-0.1, -0.05) is 48.5 Å². The number of fused-ring (bicyclic) bond motifs is 1. The molecule has 2 N–H and O–H groups in total. The summed E-state index contributed by atoms with van der Waals surface area (Å²) < 4.78 is 5.73. The highest BCUT2D eigenvalue weighted by atomic mass is 16.5. The van der Waals surface area contributed by atoms with Crippen molar-refractivity contribution < 1.29 is 4.74 Å². The second-order valence-corrected chi connectivity index (χ2v) is 6.03. The van der Waals surface area contributed by atoms with E-state index in [2.05, 4.69) is 33.5 Å². The lowest BCUT2D eigenvalue weighted by atomic mass is 10.1. The van der Waals surface area contributed by atoms with E-state index in [0.717, 1.165) is 40.0 Å². The van der Waals surface area contributed by atoms with E-state index in [4.69, 9.17) is 9.72 Å². The van der Waals surface area contributed by atoms with Gasteiger partial charge in [-0.3, -0.25) is 0 Å². The van der Waals surface area contributed by atoms with E-state index in [1.165, 1.54) is 0 Å². The van der Waals surface area contributed by atoms with Crippen LogP contribution in [0.1, 0.15) is 5.82 Å². The summed E-state index contributed by atoms with van der Waals surface area (Å²) in [5, 5.41) is 3.34. The summed E-state index contributed by atoms with van der Waals surface area (Å²) in [6.07, 6.45) is 0. The SMILES string of the molecule is Cc1nc(NCCOc2ccccc2)c2nc(-c3ccccc3)cc-2[nH]1. The maximum Gasteiger partial charge on any atom is 0.156 e. The van der Waals surface area contributed by atoms with Crippen molar-refractivity contribution in [2.45, 2.75) is 6.92 Å². The zero-order valence-corrected chi connectivity index (χ0v) is 14.6. The monoisotopic (exact) mass is 344 g/mol. The van der Waals surface area contributed by atoms with Crippen LogP contribution in [0.25, 0.3) is 22.6 Å². The van der Waals surface area contributed by atoms with Crippen molar-refractivity contribution >= 4 is 5.82 Å². The molecule has 2 aliphatic rings. The molecule has 0 unspecified atom stereocenters. The fraction of sp³-hybridized carbons (Fsp3) is 0.143. The molecule has 2 heterocycles. The van der Waals surface area contributed by atoms with Crippen LogP contribution in [0.2, 0.25) is 0 Å². The Bertz CT molecular complexity index is 951. The fourth-order valence-corrected chi connectivity index (χ4v) is 2.87. The minimum absolute atomic E-state index is 0.553. The first-order valence-electron chi connectivity index (χ1n) is 8.64. The molecule has 0 radical (unpaired) electrons. The average molecular weight is 344 g/mol. The van der Waals surface area contributed by atoms with E-state index in [-0.39, 0.29) is 0 Å². The third-order valence-electron chi connectivity index (χ3n) is 4.06. The van der Waals surface area contributed by atoms with Crippen molar-refractivity contribution in [3.63, 3.8) is 0 Å². The molecular formula is C21H20N4O. The molecule has 0 amide bonds. The Labute approximate surface area is 152 Å². The predicted octanol–water partition coefficient (Wildman–Crippen LogP) is 4.38. The van der Waals surface area contributed by atoms with Gasteiger partial charge in [0.2, 0.25) is 0 Å². The van der Waals surface area contributed by atoms with Crippen molar-refractivity contribution in [1.29, 1.82) is 0 Å².